The van der Waals surface area contributed by atoms with Gasteiger partial charge in [-0.2, -0.15) is 13.2 Å². The summed E-state index contributed by atoms with van der Waals surface area (Å²) >= 11 is 0. The third kappa shape index (κ3) is 3.14. The number of pyridine rings is 1. The van der Waals surface area contributed by atoms with Crippen LogP contribution < -0.4 is 5.73 Å². The van der Waals surface area contributed by atoms with Crippen LogP contribution in [-0.2, 0) is 0 Å². The number of hydrogen-bond acceptors (Lipinski definition) is 3. The Bertz CT molecular complexity index is 732. The number of hydrogen-bond donors (Lipinski definition) is 1. The van der Waals surface area contributed by atoms with Gasteiger partial charge in [0.2, 0.25) is 0 Å². The molecule has 1 fully saturated rings. The molecule has 0 bridgehead atoms. The van der Waals surface area contributed by atoms with Crippen LogP contribution in [0.2, 0.25) is 0 Å². The van der Waals surface area contributed by atoms with Crippen LogP contribution in [0.15, 0.2) is 36.5 Å². The van der Waals surface area contributed by atoms with Crippen molar-refractivity contribution in [1.82, 2.24) is 9.88 Å². The van der Waals surface area contributed by atoms with Gasteiger partial charge in [0.05, 0.1) is 5.52 Å². The van der Waals surface area contributed by atoms with Crippen LogP contribution in [0.1, 0.15) is 23.2 Å². The van der Waals surface area contributed by atoms with Gasteiger partial charge >= 0.3 is 6.18 Å². The lowest BCUT2D eigenvalue weighted by atomic mass is 9.97. The van der Waals surface area contributed by atoms with E-state index < -0.39 is 24.2 Å². The molecule has 1 aliphatic rings. The Hall–Kier alpha value is -2.15. The van der Waals surface area contributed by atoms with Crippen LogP contribution in [0.4, 0.5) is 13.2 Å². The lowest BCUT2D eigenvalue weighted by molar-refractivity contribution is -0.184. The largest absolute Gasteiger partial charge is 0.408 e. The zero-order valence-electron chi connectivity index (χ0n) is 12.3. The zero-order valence-corrected chi connectivity index (χ0v) is 12.3. The van der Waals surface area contributed by atoms with Crippen molar-refractivity contribution in [2.45, 2.75) is 31.1 Å². The molecule has 1 amide bonds. The third-order valence-electron chi connectivity index (χ3n) is 4.11. The van der Waals surface area contributed by atoms with E-state index in [2.05, 4.69) is 4.98 Å². The number of nitrogens with zero attached hydrogens (tertiary/aromatic N) is 2. The first-order valence-electron chi connectivity index (χ1n) is 7.34. The number of amides is 1. The molecule has 1 aliphatic heterocycles. The summed E-state index contributed by atoms with van der Waals surface area (Å²) in [5.74, 6) is -0.645. The molecule has 2 aromatic rings. The van der Waals surface area contributed by atoms with Crippen LogP contribution in [0.25, 0.3) is 10.9 Å². The second-order valence-corrected chi connectivity index (χ2v) is 5.76. The van der Waals surface area contributed by atoms with Crippen molar-refractivity contribution in [3.63, 3.8) is 0 Å². The maximum Gasteiger partial charge on any atom is 0.408 e. The Balaban J connectivity index is 1.94. The standard InChI is InChI=1S/C16H16F3N3O/c17-16(18,19)14-6-4-12(20)9-22(14)15(23)11-3-5-13-10(8-11)2-1-7-21-13/h1-3,5,7-8,12,14H,4,6,9,20H2/t12-,14+/m1/s1. The first kappa shape index (κ1) is 15.7. The zero-order chi connectivity index (χ0) is 16.6. The molecule has 122 valence electrons. The molecule has 3 rings (SSSR count). The molecule has 0 aliphatic carbocycles. The van der Waals surface area contributed by atoms with Gasteiger partial charge in [0.15, 0.2) is 0 Å². The molecule has 2 heterocycles. The number of nitrogens with two attached hydrogens (primary N) is 1. The molecule has 0 spiro atoms. The molecule has 1 saturated heterocycles. The van der Waals surface area contributed by atoms with Gasteiger partial charge < -0.3 is 10.6 Å². The molecule has 0 radical (unpaired) electrons. The van der Waals surface area contributed by atoms with Gasteiger partial charge in [0.25, 0.3) is 5.91 Å². The molecular formula is C16H16F3N3O. The molecule has 4 nitrogen and oxygen atoms in total. The molecule has 1 aromatic carbocycles. The van der Waals surface area contributed by atoms with Crippen LogP contribution in [0, 0.1) is 0 Å². The van der Waals surface area contributed by atoms with Gasteiger partial charge in [0.1, 0.15) is 6.04 Å². The number of alkyl halides is 3. The Morgan fingerprint density at radius 2 is 2.04 bits per heavy atom. The van der Waals surface area contributed by atoms with E-state index >= 15 is 0 Å². The highest BCUT2D eigenvalue weighted by molar-refractivity contribution is 5.98. The van der Waals surface area contributed by atoms with Gasteiger partial charge in [-0.25, -0.2) is 0 Å². The molecule has 2 N–H and O–H groups in total. The van der Waals surface area contributed by atoms with Gasteiger partial charge in [-0.05, 0) is 37.1 Å². The SMILES string of the molecule is N[C@@H]1CC[C@@H](C(F)(F)F)N(C(=O)c2ccc3ncccc3c2)C1. The van der Waals surface area contributed by atoms with Crippen molar-refractivity contribution in [3.8, 4) is 0 Å². The maximum atomic E-state index is 13.2. The molecule has 23 heavy (non-hydrogen) atoms. The monoisotopic (exact) mass is 323 g/mol. The summed E-state index contributed by atoms with van der Waals surface area (Å²) in [5, 5.41) is 0.711. The quantitative estimate of drug-likeness (QED) is 0.878. The highest BCUT2D eigenvalue weighted by Crippen LogP contribution is 2.32. The van der Waals surface area contributed by atoms with Crippen molar-refractivity contribution < 1.29 is 18.0 Å². The number of aromatic nitrogens is 1. The minimum atomic E-state index is -4.45. The van der Waals surface area contributed by atoms with Crippen molar-refractivity contribution >= 4 is 16.8 Å². The average Bonchev–Trinajstić information content (AvgIpc) is 2.52. The minimum absolute atomic E-state index is 0.0892. The predicted octanol–water partition coefficient (Wildman–Crippen LogP) is 2.73. The summed E-state index contributed by atoms with van der Waals surface area (Å²) in [5.41, 5.74) is 6.67. The number of piperidine rings is 1. The predicted molar refractivity (Wildman–Crippen MR) is 79.8 cm³/mol. The van der Waals surface area contributed by atoms with Crippen LogP contribution in [0.5, 0.6) is 0 Å². The topological polar surface area (TPSA) is 59.2 Å². The molecule has 0 saturated carbocycles. The first-order chi connectivity index (χ1) is 10.9. The van der Waals surface area contributed by atoms with E-state index in [0.717, 1.165) is 4.90 Å². The molecular weight excluding hydrogens is 307 g/mol. The van der Waals surface area contributed by atoms with E-state index in [4.69, 9.17) is 5.73 Å². The van der Waals surface area contributed by atoms with Gasteiger partial charge in [-0.15, -0.1) is 0 Å². The summed E-state index contributed by atoms with van der Waals surface area (Å²) in [4.78, 5) is 17.6. The highest BCUT2D eigenvalue weighted by atomic mass is 19.4. The normalized spacial score (nSPS) is 22.3. The summed E-state index contributed by atoms with van der Waals surface area (Å²) in [6.45, 7) is -0.0892. The summed E-state index contributed by atoms with van der Waals surface area (Å²) in [6.07, 6.45) is -2.73. The number of rotatable bonds is 1. The highest BCUT2D eigenvalue weighted by Gasteiger charge is 2.47. The number of likely N-dealkylation sites (tertiary alicyclic amines) is 1. The second-order valence-electron chi connectivity index (χ2n) is 5.76. The van der Waals surface area contributed by atoms with Crippen LogP contribution >= 0.6 is 0 Å². The smallest absolute Gasteiger partial charge is 0.326 e. The van der Waals surface area contributed by atoms with E-state index in [1.807, 2.05) is 0 Å². The fourth-order valence-corrected chi connectivity index (χ4v) is 2.94. The van der Waals surface area contributed by atoms with E-state index in [9.17, 15) is 18.0 Å². The summed E-state index contributed by atoms with van der Waals surface area (Å²) < 4.78 is 39.6. The molecule has 2 atom stereocenters. The van der Waals surface area contributed by atoms with Gasteiger partial charge in [-0.1, -0.05) is 6.07 Å². The Morgan fingerprint density at radius 3 is 2.78 bits per heavy atom. The van der Waals surface area contributed by atoms with Crippen molar-refractivity contribution in [2.75, 3.05) is 6.54 Å². The lowest BCUT2D eigenvalue weighted by Crippen LogP contribution is -2.56. The number of halogens is 3. The molecule has 0 unspecified atom stereocenters. The molecule has 1 aromatic heterocycles. The fourth-order valence-electron chi connectivity index (χ4n) is 2.94. The van der Waals surface area contributed by atoms with Gasteiger partial charge in [0, 0.05) is 29.7 Å². The third-order valence-corrected chi connectivity index (χ3v) is 4.11. The average molecular weight is 323 g/mol. The Morgan fingerprint density at radius 1 is 1.26 bits per heavy atom. The van der Waals surface area contributed by atoms with Gasteiger partial charge in [-0.3, -0.25) is 9.78 Å². The summed E-state index contributed by atoms with van der Waals surface area (Å²) in [6, 6.07) is 5.98. The van der Waals surface area contributed by atoms with Crippen LogP contribution in [-0.4, -0.2) is 40.6 Å². The van der Waals surface area contributed by atoms with Crippen molar-refractivity contribution in [3.05, 3.63) is 42.1 Å². The second kappa shape index (κ2) is 5.81. The fraction of sp³-hybridized carbons (Fsp3) is 0.375. The Labute approximate surface area is 131 Å². The number of fused-ring (bicyclic) bond motifs is 1. The first-order valence-corrected chi connectivity index (χ1v) is 7.34. The van der Waals surface area contributed by atoms with E-state index in [0.29, 0.717) is 10.9 Å². The number of carbonyl (C=O) groups is 1. The Kier molecular flexibility index (Phi) is 3.97. The molecule has 7 heteroatoms. The lowest BCUT2D eigenvalue weighted by Gasteiger charge is -2.39. The van der Waals surface area contributed by atoms with E-state index in [-0.39, 0.29) is 24.9 Å². The number of carbonyl (C=O) groups excluding carboxylic acids is 1. The summed E-state index contributed by atoms with van der Waals surface area (Å²) in [7, 11) is 0. The van der Waals surface area contributed by atoms with Crippen molar-refractivity contribution in [2.24, 2.45) is 5.73 Å². The number of benzene rings is 1. The minimum Gasteiger partial charge on any atom is -0.326 e. The van der Waals surface area contributed by atoms with Crippen LogP contribution in [0.3, 0.4) is 0 Å². The van der Waals surface area contributed by atoms with E-state index in [1.165, 1.54) is 6.07 Å². The maximum absolute atomic E-state index is 13.2. The van der Waals surface area contributed by atoms with E-state index in [1.54, 1.807) is 30.5 Å². The van der Waals surface area contributed by atoms with Crippen molar-refractivity contribution in [1.29, 1.82) is 0 Å².